The molecule has 0 radical (unpaired) electrons. The molecule has 1 unspecified atom stereocenters. The number of ether oxygens (including phenoxy) is 1. The lowest BCUT2D eigenvalue weighted by Crippen LogP contribution is -2.24. The fourth-order valence-electron chi connectivity index (χ4n) is 4.50. The van der Waals surface area contributed by atoms with E-state index in [4.69, 9.17) is 14.0 Å². The molecule has 0 saturated heterocycles. The maximum Gasteiger partial charge on any atom is 0.193 e. The topological polar surface area (TPSA) is 99.4 Å². The van der Waals surface area contributed by atoms with Crippen LogP contribution in [0.2, 0.25) is 0 Å². The Balaban J connectivity index is 1.49. The second kappa shape index (κ2) is 13.9. The Kier molecular flexibility index (Phi) is 10.1. The summed E-state index contributed by atoms with van der Waals surface area (Å²) in [4.78, 5) is 4.71. The molecule has 1 aromatic heterocycles. The molecule has 0 saturated carbocycles. The zero-order chi connectivity index (χ0) is 29.4. The Morgan fingerprint density at radius 1 is 1.07 bits per heavy atom. The van der Waals surface area contributed by atoms with Crippen molar-refractivity contribution in [2.75, 3.05) is 30.8 Å². The van der Waals surface area contributed by atoms with E-state index in [-0.39, 0.29) is 12.3 Å². The molecule has 0 fully saturated rings. The smallest absolute Gasteiger partial charge is 0.193 e. The maximum atomic E-state index is 10.7. The number of rotatable bonds is 14. The van der Waals surface area contributed by atoms with Gasteiger partial charge < -0.3 is 24.9 Å². The Hall–Kier alpha value is -4.24. The quantitative estimate of drug-likeness (QED) is 0.117. The summed E-state index contributed by atoms with van der Waals surface area (Å²) in [6.45, 7) is 11.8. The van der Waals surface area contributed by atoms with Gasteiger partial charge in [-0.1, -0.05) is 67.6 Å². The van der Waals surface area contributed by atoms with Gasteiger partial charge in [-0.05, 0) is 54.7 Å². The number of hydrogen-bond donors (Lipinski definition) is 4. The molecule has 0 aliphatic heterocycles. The van der Waals surface area contributed by atoms with Crippen LogP contribution in [0, 0.1) is 6.92 Å². The number of phenolic OH excluding ortho intramolecular Hbond substituents is 1. The molecule has 216 valence electrons. The molecule has 0 amide bonds. The Bertz CT molecular complexity index is 1470. The third-order valence-electron chi connectivity index (χ3n) is 6.96. The first kappa shape index (κ1) is 29.7. The van der Waals surface area contributed by atoms with E-state index < -0.39 is 0 Å². The SMILES string of the molecule is C=C(Nc1ccc(OCc2cccc(C)c2)c(O)c1)c1cc(-c2ccc(NCCN(O)OC)o2)ccc1C(C)CC. The summed E-state index contributed by atoms with van der Waals surface area (Å²) in [5, 5.41) is 27.3. The number of aromatic hydroxyl groups is 1. The van der Waals surface area contributed by atoms with Crippen LogP contribution in [0.1, 0.15) is 48.4 Å². The minimum absolute atomic E-state index is 0.0526. The fraction of sp³-hybridized carbons (Fsp3) is 0.273. The van der Waals surface area contributed by atoms with E-state index in [1.807, 2.05) is 49.4 Å². The van der Waals surface area contributed by atoms with Crippen LogP contribution in [0.3, 0.4) is 0 Å². The molecule has 4 aromatic rings. The molecule has 1 heterocycles. The molecule has 3 aromatic carbocycles. The molecule has 41 heavy (non-hydrogen) atoms. The summed E-state index contributed by atoms with van der Waals surface area (Å²) >= 11 is 0. The van der Waals surface area contributed by atoms with Crippen molar-refractivity contribution < 1.29 is 24.3 Å². The van der Waals surface area contributed by atoms with Crippen molar-refractivity contribution >= 4 is 17.3 Å². The van der Waals surface area contributed by atoms with Gasteiger partial charge in [-0.2, -0.15) is 0 Å². The van der Waals surface area contributed by atoms with Gasteiger partial charge in [0.05, 0.1) is 13.7 Å². The second-order valence-corrected chi connectivity index (χ2v) is 10.0. The molecular weight excluding hydrogens is 518 g/mol. The van der Waals surface area contributed by atoms with Crippen molar-refractivity contribution in [2.24, 2.45) is 0 Å². The minimum atomic E-state index is 0.0526. The van der Waals surface area contributed by atoms with Crippen LogP contribution in [0.4, 0.5) is 11.6 Å². The van der Waals surface area contributed by atoms with Crippen LogP contribution in [-0.4, -0.2) is 35.7 Å². The van der Waals surface area contributed by atoms with E-state index in [2.05, 4.69) is 49.3 Å². The highest BCUT2D eigenvalue weighted by Crippen LogP contribution is 2.35. The maximum absolute atomic E-state index is 10.7. The molecule has 4 N–H and O–H groups in total. The molecule has 0 aliphatic carbocycles. The van der Waals surface area contributed by atoms with Crippen LogP contribution < -0.4 is 15.4 Å². The largest absolute Gasteiger partial charge is 0.504 e. The zero-order valence-electron chi connectivity index (χ0n) is 24.1. The van der Waals surface area contributed by atoms with Crippen molar-refractivity contribution in [1.82, 2.24) is 5.23 Å². The first-order valence-electron chi connectivity index (χ1n) is 13.7. The Labute approximate surface area is 241 Å². The van der Waals surface area contributed by atoms with Crippen LogP contribution in [0.5, 0.6) is 11.5 Å². The number of anilines is 2. The number of furan rings is 1. The summed E-state index contributed by atoms with van der Waals surface area (Å²) in [7, 11) is 1.40. The first-order chi connectivity index (χ1) is 19.8. The van der Waals surface area contributed by atoms with Crippen molar-refractivity contribution in [1.29, 1.82) is 0 Å². The van der Waals surface area contributed by atoms with Gasteiger partial charge in [0.25, 0.3) is 0 Å². The van der Waals surface area contributed by atoms with E-state index in [1.165, 1.54) is 12.7 Å². The number of benzene rings is 3. The number of hydroxylamine groups is 2. The predicted octanol–water partition coefficient (Wildman–Crippen LogP) is 7.80. The highest BCUT2D eigenvalue weighted by molar-refractivity contribution is 5.80. The van der Waals surface area contributed by atoms with Crippen molar-refractivity contribution in [3.63, 3.8) is 0 Å². The van der Waals surface area contributed by atoms with Gasteiger partial charge in [-0.3, -0.25) is 10.0 Å². The van der Waals surface area contributed by atoms with Gasteiger partial charge in [0.2, 0.25) is 0 Å². The number of phenols is 1. The van der Waals surface area contributed by atoms with Gasteiger partial charge in [-0.15, -0.1) is 0 Å². The van der Waals surface area contributed by atoms with Crippen LogP contribution in [-0.2, 0) is 11.4 Å². The standard InChI is InChI=1S/C33H39N3O5/c1-6-23(3)28-12-10-26(31-14-15-33(41-31)34-16-17-36(38)39-5)19-29(28)24(4)35-27-11-13-32(30(37)20-27)40-21-25-9-7-8-22(2)18-25/h7-15,18-20,23,34-35,37-38H,4,6,16-17,21H2,1-3,5H3. The number of nitrogens with zero attached hydrogens (tertiary/aromatic N) is 1. The summed E-state index contributed by atoms with van der Waals surface area (Å²) < 4.78 is 11.9. The average molecular weight is 558 g/mol. The molecular formula is C33H39N3O5. The third kappa shape index (κ3) is 7.91. The van der Waals surface area contributed by atoms with Gasteiger partial charge >= 0.3 is 0 Å². The van der Waals surface area contributed by atoms with Gasteiger partial charge in [0.15, 0.2) is 17.4 Å². The lowest BCUT2D eigenvalue weighted by Gasteiger charge is -2.19. The molecule has 0 bridgehead atoms. The molecule has 8 heteroatoms. The number of hydrogen-bond acceptors (Lipinski definition) is 8. The first-order valence-corrected chi connectivity index (χ1v) is 13.7. The summed E-state index contributed by atoms with van der Waals surface area (Å²) in [6, 6.07) is 23.3. The number of nitrogens with one attached hydrogen (secondary N) is 2. The normalized spacial score (nSPS) is 11.9. The van der Waals surface area contributed by atoms with E-state index >= 15 is 0 Å². The van der Waals surface area contributed by atoms with Crippen molar-refractivity contribution in [3.05, 3.63) is 102 Å². The minimum Gasteiger partial charge on any atom is -0.504 e. The Morgan fingerprint density at radius 3 is 2.63 bits per heavy atom. The van der Waals surface area contributed by atoms with E-state index in [0.717, 1.165) is 33.9 Å². The van der Waals surface area contributed by atoms with Crippen molar-refractivity contribution in [2.45, 2.75) is 39.7 Å². The predicted molar refractivity (Wildman–Crippen MR) is 163 cm³/mol. The monoisotopic (exact) mass is 557 g/mol. The fourth-order valence-corrected chi connectivity index (χ4v) is 4.50. The zero-order valence-corrected chi connectivity index (χ0v) is 24.1. The average Bonchev–Trinajstić information content (AvgIpc) is 3.45. The van der Waals surface area contributed by atoms with E-state index in [9.17, 15) is 10.3 Å². The Morgan fingerprint density at radius 2 is 1.90 bits per heavy atom. The van der Waals surface area contributed by atoms with E-state index in [0.29, 0.717) is 47.8 Å². The molecule has 0 spiro atoms. The number of aryl methyl sites for hydroxylation is 1. The third-order valence-corrected chi connectivity index (χ3v) is 6.96. The molecule has 1 atom stereocenters. The van der Waals surface area contributed by atoms with Crippen LogP contribution >= 0.6 is 0 Å². The van der Waals surface area contributed by atoms with Gasteiger partial charge in [-0.25, -0.2) is 0 Å². The van der Waals surface area contributed by atoms with Gasteiger partial charge in [0.1, 0.15) is 12.4 Å². The summed E-state index contributed by atoms with van der Waals surface area (Å²) in [5.74, 6) is 2.09. The van der Waals surface area contributed by atoms with E-state index in [1.54, 1.807) is 12.1 Å². The second-order valence-electron chi connectivity index (χ2n) is 10.0. The highest BCUT2D eigenvalue weighted by Gasteiger charge is 2.16. The summed E-state index contributed by atoms with van der Waals surface area (Å²) in [6.07, 6.45) is 0.978. The highest BCUT2D eigenvalue weighted by atomic mass is 16.9. The van der Waals surface area contributed by atoms with Crippen molar-refractivity contribution in [3.8, 4) is 22.8 Å². The van der Waals surface area contributed by atoms with Gasteiger partial charge in [0, 0.05) is 41.2 Å². The van der Waals surface area contributed by atoms with Crippen LogP contribution in [0.15, 0.2) is 83.8 Å². The molecule has 0 aliphatic rings. The van der Waals surface area contributed by atoms with Crippen LogP contribution in [0.25, 0.3) is 17.0 Å². The lowest BCUT2D eigenvalue weighted by atomic mass is 9.90. The lowest BCUT2D eigenvalue weighted by molar-refractivity contribution is -0.323. The molecule has 8 nitrogen and oxygen atoms in total. The molecule has 4 rings (SSSR count). The summed E-state index contributed by atoms with van der Waals surface area (Å²) in [5.41, 5.74) is 6.67.